The predicted octanol–water partition coefficient (Wildman–Crippen LogP) is 2.31. The van der Waals surface area contributed by atoms with Gasteiger partial charge in [-0.25, -0.2) is 4.68 Å². The number of aryl methyl sites for hydroxylation is 1. The zero-order valence-electron chi connectivity index (χ0n) is 14.5. The molecule has 1 saturated carbocycles. The van der Waals surface area contributed by atoms with E-state index in [4.69, 9.17) is 0 Å². The highest BCUT2D eigenvalue weighted by atomic mass is 16.3. The van der Waals surface area contributed by atoms with Crippen molar-refractivity contribution in [1.29, 1.82) is 0 Å². The number of carbonyl (C=O) groups is 1. The first kappa shape index (κ1) is 16.7. The summed E-state index contributed by atoms with van der Waals surface area (Å²) in [5, 5.41) is 17.3. The van der Waals surface area contributed by atoms with E-state index in [-0.39, 0.29) is 18.9 Å². The van der Waals surface area contributed by atoms with Crippen LogP contribution in [0.1, 0.15) is 36.7 Å². The van der Waals surface area contributed by atoms with Crippen molar-refractivity contribution in [1.82, 2.24) is 15.1 Å². The number of nitrogens with one attached hydrogen (secondary N) is 1. The van der Waals surface area contributed by atoms with Crippen molar-refractivity contribution in [3.05, 3.63) is 47.3 Å². The Morgan fingerprint density at radius 2 is 2.00 bits per heavy atom. The second-order valence-electron chi connectivity index (χ2n) is 6.97. The Bertz CT molecular complexity index is 735. The molecule has 1 atom stereocenters. The summed E-state index contributed by atoms with van der Waals surface area (Å²) in [6, 6.07) is 9.91. The van der Waals surface area contributed by atoms with E-state index in [0.717, 1.165) is 35.5 Å². The van der Waals surface area contributed by atoms with Crippen molar-refractivity contribution < 1.29 is 9.90 Å². The molecule has 1 aromatic carbocycles. The number of carbonyl (C=O) groups excluding carboxylic acids is 1. The van der Waals surface area contributed by atoms with Crippen LogP contribution in [0, 0.1) is 19.8 Å². The molecule has 0 radical (unpaired) electrons. The van der Waals surface area contributed by atoms with E-state index in [2.05, 4.69) is 10.4 Å². The molecule has 0 saturated heterocycles. The molecule has 2 aromatic rings. The fourth-order valence-corrected chi connectivity index (χ4v) is 3.27. The number of benzene rings is 1. The van der Waals surface area contributed by atoms with Crippen LogP contribution in [0.3, 0.4) is 0 Å². The zero-order valence-corrected chi connectivity index (χ0v) is 14.5. The van der Waals surface area contributed by atoms with Gasteiger partial charge in [-0.1, -0.05) is 18.2 Å². The molecular weight excluding hydrogens is 302 g/mol. The molecule has 24 heavy (non-hydrogen) atoms. The fraction of sp³-hybridized carbons (Fsp3) is 0.474. The molecule has 1 amide bonds. The number of para-hydroxylation sites is 1. The van der Waals surface area contributed by atoms with Crippen molar-refractivity contribution in [3.63, 3.8) is 0 Å². The molecular formula is C19H25N3O2. The molecule has 1 aliphatic carbocycles. The SMILES string of the molecule is Cc1nn(-c2ccccc2)c(C)c1CC(=O)NC(C)(CO)C1CC1. The third-order valence-electron chi connectivity index (χ3n) is 5.01. The first-order valence-electron chi connectivity index (χ1n) is 8.47. The summed E-state index contributed by atoms with van der Waals surface area (Å²) in [6.45, 7) is 5.82. The van der Waals surface area contributed by atoms with Crippen LogP contribution in [0.15, 0.2) is 30.3 Å². The molecule has 5 heteroatoms. The van der Waals surface area contributed by atoms with Crippen LogP contribution in [-0.2, 0) is 11.2 Å². The van der Waals surface area contributed by atoms with Crippen molar-refractivity contribution in [2.45, 2.75) is 45.6 Å². The van der Waals surface area contributed by atoms with Gasteiger partial charge in [0.25, 0.3) is 0 Å². The van der Waals surface area contributed by atoms with Gasteiger partial charge in [-0.15, -0.1) is 0 Å². The quantitative estimate of drug-likeness (QED) is 0.855. The fourth-order valence-electron chi connectivity index (χ4n) is 3.27. The minimum atomic E-state index is -0.506. The maximum Gasteiger partial charge on any atom is 0.225 e. The van der Waals surface area contributed by atoms with Crippen LogP contribution >= 0.6 is 0 Å². The molecule has 0 bridgehead atoms. The summed E-state index contributed by atoms with van der Waals surface area (Å²) in [5.41, 5.74) is 3.28. The summed E-state index contributed by atoms with van der Waals surface area (Å²) in [6.07, 6.45) is 2.43. The van der Waals surface area contributed by atoms with Gasteiger partial charge in [-0.05, 0) is 51.7 Å². The number of aliphatic hydroxyl groups excluding tert-OH is 1. The number of hydrogen-bond acceptors (Lipinski definition) is 3. The lowest BCUT2D eigenvalue weighted by atomic mass is 9.96. The van der Waals surface area contributed by atoms with Gasteiger partial charge in [-0.2, -0.15) is 5.10 Å². The van der Waals surface area contributed by atoms with Gasteiger partial charge in [0, 0.05) is 11.3 Å². The standard InChI is InChI=1S/C19H25N3O2/c1-13-17(11-18(24)20-19(3,12-23)15-9-10-15)14(2)22(21-13)16-7-5-4-6-8-16/h4-8,15,23H,9-12H2,1-3H3,(H,20,24). The Hall–Kier alpha value is -2.14. The molecule has 5 nitrogen and oxygen atoms in total. The van der Waals surface area contributed by atoms with Crippen LogP contribution in [0.5, 0.6) is 0 Å². The minimum Gasteiger partial charge on any atom is -0.394 e. The van der Waals surface area contributed by atoms with Gasteiger partial charge < -0.3 is 10.4 Å². The number of rotatable bonds is 6. The third kappa shape index (κ3) is 3.22. The van der Waals surface area contributed by atoms with Crippen molar-refractivity contribution >= 4 is 5.91 Å². The summed E-state index contributed by atoms with van der Waals surface area (Å²) in [4.78, 5) is 12.5. The van der Waals surface area contributed by atoms with E-state index in [0.29, 0.717) is 5.92 Å². The largest absolute Gasteiger partial charge is 0.394 e. The van der Waals surface area contributed by atoms with E-state index < -0.39 is 5.54 Å². The van der Waals surface area contributed by atoms with E-state index in [1.54, 1.807) is 0 Å². The summed E-state index contributed by atoms with van der Waals surface area (Å²) >= 11 is 0. The summed E-state index contributed by atoms with van der Waals surface area (Å²) in [7, 11) is 0. The monoisotopic (exact) mass is 327 g/mol. The first-order chi connectivity index (χ1) is 11.4. The third-order valence-corrected chi connectivity index (χ3v) is 5.01. The number of hydrogen-bond donors (Lipinski definition) is 2. The maximum absolute atomic E-state index is 12.5. The average molecular weight is 327 g/mol. The highest BCUT2D eigenvalue weighted by Crippen LogP contribution is 2.39. The summed E-state index contributed by atoms with van der Waals surface area (Å²) in [5.74, 6) is 0.331. The smallest absolute Gasteiger partial charge is 0.225 e. The number of aliphatic hydroxyl groups is 1. The van der Waals surface area contributed by atoms with Crippen LogP contribution < -0.4 is 5.32 Å². The van der Waals surface area contributed by atoms with Gasteiger partial charge in [0.1, 0.15) is 0 Å². The van der Waals surface area contributed by atoms with Gasteiger partial charge in [0.15, 0.2) is 0 Å². The predicted molar refractivity (Wildman–Crippen MR) is 93.1 cm³/mol. The molecule has 0 spiro atoms. The molecule has 1 aromatic heterocycles. The number of nitrogens with zero attached hydrogens (tertiary/aromatic N) is 2. The Balaban J connectivity index is 1.78. The van der Waals surface area contributed by atoms with Crippen molar-refractivity contribution in [2.75, 3.05) is 6.61 Å². The van der Waals surface area contributed by atoms with Gasteiger partial charge in [0.2, 0.25) is 5.91 Å². The molecule has 0 aliphatic heterocycles. The van der Waals surface area contributed by atoms with Crippen LogP contribution in [0.2, 0.25) is 0 Å². The highest BCUT2D eigenvalue weighted by Gasteiger charge is 2.42. The van der Waals surface area contributed by atoms with Crippen LogP contribution in [-0.4, -0.2) is 32.9 Å². The average Bonchev–Trinajstić information content (AvgIpc) is 3.39. The first-order valence-corrected chi connectivity index (χ1v) is 8.47. The van der Waals surface area contributed by atoms with Gasteiger partial charge >= 0.3 is 0 Å². The maximum atomic E-state index is 12.5. The Morgan fingerprint density at radius 3 is 2.58 bits per heavy atom. The zero-order chi connectivity index (χ0) is 17.3. The normalized spacial score (nSPS) is 16.7. The molecule has 3 rings (SSSR count). The van der Waals surface area contributed by atoms with E-state index >= 15 is 0 Å². The Kier molecular flexibility index (Phi) is 4.45. The lowest BCUT2D eigenvalue weighted by Gasteiger charge is -2.28. The lowest BCUT2D eigenvalue weighted by Crippen LogP contribution is -2.51. The molecule has 1 heterocycles. The lowest BCUT2D eigenvalue weighted by molar-refractivity contribution is -0.123. The van der Waals surface area contributed by atoms with Crippen LogP contribution in [0.25, 0.3) is 5.69 Å². The van der Waals surface area contributed by atoms with E-state index in [1.165, 1.54) is 0 Å². The summed E-state index contributed by atoms with van der Waals surface area (Å²) < 4.78 is 1.88. The molecule has 1 fully saturated rings. The minimum absolute atomic E-state index is 0.0232. The van der Waals surface area contributed by atoms with Crippen molar-refractivity contribution in [2.24, 2.45) is 5.92 Å². The second-order valence-corrected chi connectivity index (χ2v) is 6.97. The highest BCUT2D eigenvalue weighted by molar-refractivity contribution is 5.80. The van der Waals surface area contributed by atoms with E-state index in [1.807, 2.05) is 55.8 Å². The van der Waals surface area contributed by atoms with E-state index in [9.17, 15) is 9.90 Å². The second kappa shape index (κ2) is 6.40. The van der Waals surface area contributed by atoms with Crippen molar-refractivity contribution in [3.8, 4) is 5.69 Å². The topological polar surface area (TPSA) is 67.2 Å². The Labute approximate surface area is 142 Å². The Morgan fingerprint density at radius 1 is 1.33 bits per heavy atom. The number of amides is 1. The van der Waals surface area contributed by atoms with Gasteiger partial charge in [-0.3, -0.25) is 4.79 Å². The molecule has 2 N–H and O–H groups in total. The van der Waals surface area contributed by atoms with Gasteiger partial charge in [0.05, 0.1) is 29.9 Å². The molecule has 1 unspecified atom stereocenters. The molecule has 1 aliphatic rings. The molecule has 128 valence electrons. The number of aromatic nitrogens is 2. The van der Waals surface area contributed by atoms with Crippen LogP contribution in [0.4, 0.5) is 0 Å².